The van der Waals surface area contributed by atoms with Crippen LogP contribution >= 0.6 is 7.60 Å². The smallest absolute Gasteiger partial charge is 0.445 e. The molecule has 274 valence electrons. The number of amides is 1. The number of nitrogens with zero attached hydrogens (tertiary/aromatic N) is 1. The number of guanidine groups is 1. The fourth-order valence-electron chi connectivity index (χ4n) is 3.99. The first-order valence-corrected chi connectivity index (χ1v) is 16.7. The largest absolute Gasteiger partial charge is 0.493 e. The van der Waals surface area contributed by atoms with Crippen molar-refractivity contribution in [3.8, 4) is 23.8 Å². The first-order valence-electron chi connectivity index (χ1n) is 15.1. The van der Waals surface area contributed by atoms with Crippen molar-refractivity contribution in [1.29, 1.82) is 5.41 Å². The van der Waals surface area contributed by atoms with Crippen LogP contribution < -0.4 is 20.1 Å². The molecule has 0 fully saturated rings. The van der Waals surface area contributed by atoms with Gasteiger partial charge in [-0.15, -0.1) is 11.5 Å². The Balaban J connectivity index is 1.94. The van der Waals surface area contributed by atoms with Gasteiger partial charge < -0.3 is 43.9 Å². The fraction of sp³-hybridized carbons (Fsp3) is 0.303. The Bertz CT molecular complexity index is 1580. The van der Waals surface area contributed by atoms with Crippen LogP contribution in [0.5, 0.6) is 11.5 Å². The first kappa shape index (κ1) is 40.2. The van der Waals surface area contributed by atoms with E-state index in [1.165, 1.54) is 72.8 Å². The third-order valence-electron chi connectivity index (χ3n) is 6.21. The highest BCUT2D eigenvalue weighted by Gasteiger charge is 2.52. The number of carbonyl (C=O) groups is 2. The Labute approximate surface area is 291 Å². The standard InChI is InChI=1S/C33H36F3N4O10P/c1-2-17-44-18-19-45-20-21-46-22-23-47-32(42)40(48-30(41)33(34,35)36)29(24-25-13-15-26(16-14-25)39-31(37)38)51(43,49-27-9-5-3-6-10-27)50-28-11-7-4-8-12-28/h1,3-16,29H,17-24H2,(H4,37,38,39). The molecule has 0 saturated heterocycles. The third-order valence-corrected chi connectivity index (χ3v) is 8.27. The van der Waals surface area contributed by atoms with E-state index in [9.17, 15) is 27.3 Å². The molecular formula is C33H36F3N4O10P. The van der Waals surface area contributed by atoms with Crippen molar-refractivity contribution in [3.05, 3.63) is 90.5 Å². The highest BCUT2D eigenvalue weighted by molar-refractivity contribution is 7.55. The zero-order valence-electron chi connectivity index (χ0n) is 27.1. The van der Waals surface area contributed by atoms with Crippen molar-refractivity contribution in [2.75, 3.05) is 51.6 Å². The number of para-hydroxylation sites is 2. The summed E-state index contributed by atoms with van der Waals surface area (Å²) in [4.78, 5) is 30.3. The number of ether oxygens (including phenoxy) is 4. The highest BCUT2D eigenvalue weighted by Crippen LogP contribution is 2.55. The van der Waals surface area contributed by atoms with E-state index in [-0.39, 0.29) is 67.7 Å². The monoisotopic (exact) mass is 736 g/mol. The quantitative estimate of drug-likeness (QED) is 0.0359. The van der Waals surface area contributed by atoms with Gasteiger partial charge in [0.1, 0.15) is 24.7 Å². The number of nitrogens with two attached hydrogens (primary N) is 1. The molecule has 0 bridgehead atoms. The molecule has 0 aromatic heterocycles. The zero-order chi connectivity index (χ0) is 37.1. The van der Waals surface area contributed by atoms with Crippen molar-refractivity contribution < 1.29 is 60.2 Å². The number of hydrogen-bond donors (Lipinski definition) is 3. The van der Waals surface area contributed by atoms with Gasteiger partial charge in [-0.3, -0.25) is 5.41 Å². The van der Waals surface area contributed by atoms with Gasteiger partial charge in [0, 0.05) is 12.1 Å². The number of hydrogen-bond acceptors (Lipinski definition) is 11. The molecule has 1 atom stereocenters. The number of anilines is 1. The van der Waals surface area contributed by atoms with Gasteiger partial charge in [0.2, 0.25) is 5.78 Å². The van der Waals surface area contributed by atoms with Gasteiger partial charge in [-0.25, -0.2) is 14.2 Å². The maximum Gasteiger partial charge on any atom is 0.493 e. The molecule has 18 heteroatoms. The summed E-state index contributed by atoms with van der Waals surface area (Å²) in [5.74, 6) is -3.03. The van der Waals surface area contributed by atoms with Gasteiger partial charge in [-0.1, -0.05) is 54.5 Å². The molecule has 0 radical (unpaired) electrons. The molecule has 3 aromatic carbocycles. The van der Waals surface area contributed by atoms with E-state index in [1.807, 2.05) is 0 Å². The number of carbonyl (C=O) groups excluding carboxylic acids is 2. The number of rotatable bonds is 19. The maximum atomic E-state index is 14.9. The van der Waals surface area contributed by atoms with Crippen molar-refractivity contribution in [2.24, 2.45) is 5.73 Å². The van der Waals surface area contributed by atoms with Crippen LogP contribution in [0.25, 0.3) is 0 Å². The lowest BCUT2D eigenvalue weighted by atomic mass is 10.1. The Kier molecular flexibility index (Phi) is 16.1. The van der Waals surface area contributed by atoms with Crippen LogP contribution in [-0.4, -0.2) is 81.3 Å². The van der Waals surface area contributed by atoms with Crippen LogP contribution in [-0.2, 0) is 39.6 Å². The van der Waals surface area contributed by atoms with Crippen LogP contribution in [0.1, 0.15) is 5.56 Å². The van der Waals surface area contributed by atoms with Crippen molar-refractivity contribution in [1.82, 2.24) is 5.06 Å². The third kappa shape index (κ3) is 14.2. The predicted octanol–water partition coefficient (Wildman–Crippen LogP) is 5.35. The fourth-order valence-corrected chi connectivity index (χ4v) is 5.94. The second-order valence-corrected chi connectivity index (χ2v) is 12.1. The van der Waals surface area contributed by atoms with Crippen LogP contribution in [0.15, 0.2) is 84.9 Å². The van der Waals surface area contributed by atoms with Crippen LogP contribution in [0.3, 0.4) is 0 Å². The molecule has 0 aliphatic carbocycles. The van der Waals surface area contributed by atoms with Gasteiger partial charge in [0.15, 0.2) is 5.96 Å². The Hall–Kier alpha value is -5.27. The average molecular weight is 737 g/mol. The van der Waals surface area contributed by atoms with Crippen LogP contribution in [0, 0.1) is 17.8 Å². The molecule has 4 N–H and O–H groups in total. The maximum absolute atomic E-state index is 14.9. The average Bonchev–Trinajstić information content (AvgIpc) is 3.09. The lowest BCUT2D eigenvalue weighted by Gasteiger charge is -2.33. The number of alkyl halides is 3. The van der Waals surface area contributed by atoms with E-state index in [4.69, 9.17) is 45.6 Å². The summed E-state index contributed by atoms with van der Waals surface area (Å²) in [6, 6.07) is 20.8. The predicted molar refractivity (Wildman–Crippen MR) is 178 cm³/mol. The highest BCUT2D eigenvalue weighted by atomic mass is 31.2. The molecule has 14 nitrogen and oxygen atoms in total. The lowest BCUT2D eigenvalue weighted by Crippen LogP contribution is -2.47. The summed E-state index contributed by atoms with van der Waals surface area (Å²) in [7, 11) is -4.92. The minimum atomic E-state index is -5.58. The van der Waals surface area contributed by atoms with Crippen LogP contribution in [0.2, 0.25) is 0 Å². The van der Waals surface area contributed by atoms with E-state index < -0.39 is 44.6 Å². The van der Waals surface area contributed by atoms with Gasteiger partial charge >= 0.3 is 25.8 Å². The number of terminal acetylenes is 1. The van der Waals surface area contributed by atoms with Crippen molar-refractivity contribution in [2.45, 2.75) is 18.4 Å². The number of nitrogens with one attached hydrogen (secondary N) is 2. The number of hydroxylamine groups is 2. The van der Waals surface area contributed by atoms with E-state index in [2.05, 4.69) is 16.1 Å². The number of halogens is 3. The van der Waals surface area contributed by atoms with E-state index >= 15 is 0 Å². The van der Waals surface area contributed by atoms with E-state index in [1.54, 1.807) is 12.1 Å². The zero-order valence-corrected chi connectivity index (χ0v) is 28.0. The molecule has 0 aliphatic rings. The molecule has 3 rings (SSSR count). The molecule has 0 aliphatic heterocycles. The van der Waals surface area contributed by atoms with Crippen molar-refractivity contribution in [3.63, 3.8) is 0 Å². The van der Waals surface area contributed by atoms with Gasteiger partial charge in [-0.2, -0.15) is 13.2 Å². The second kappa shape index (κ2) is 20.4. The summed E-state index contributed by atoms with van der Waals surface area (Å²) < 4.78 is 88.1. The Morgan fingerprint density at radius 2 is 1.35 bits per heavy atom. The summed E-state index contributed by atoms with van der Waals surface area (Å²) in [6.07, 6.45) is -2.69. The molecule has 1 amide bonds. The SMILES string of the molecule is C#CCOCCOCCOCCOC(=O)N(OC(=O)C(F)(F)F)C(Cc1ccc(NC(=N)N)cc1)P(=O)(Oc1ccccc1)Oc1ccccc1. The molecule has 1 unspecified atom stereocenters. The molecule has 3 aromatic rings. The first-order chi connectivity index (χ1) is 24.4. The van der Waals surface area contributed by atoms with E-state index in [0.29, 0.717) is 5.69 Å². The summed E-state index contributed by atoms with van der Waals surface area (Å²) in [5, 5.41) is 9.88. The molecule has 0 heterocycles. The summed E-state index contributed by atoms with van der Waals surface area (Å²) in [5.41, 5.74) is 6.01. The minimum absolute atomic E-state index is 0.0449. The van der Waals surface area contributed by atoms with Gasteiger partial charge in [0.05, 0.1) is 33.0 Å². The normalized spacial score (nSPS) is 11.8. The molecule has 0 saturated carbocycles. The number of benzene rings is 3. The molecule has 51 heavy (non-hydrogen) atoms. The summed E-state index contributed by atoms with van der Waals surface area (Å²) >= 11 is 0. The van der Waals surface area contributed by atoms with Gasteiger partial charge in [0.25, 0.3) is 0 Å². The summed E-state index contributed by atoms with van der Waals surface area (Å²) in [6.45, 7) is 0.0830. The second-order valence-electron chi connectivity index (χ2n) is 10.1. The molecular weight excluding hydrogens is 700 g/mol. The van der Waals surface area contributed by atoms with E-state index in [0.717, 1.165) is 0 Å². The van der Waals surface area contributed by atoms with Crippen LogP contribution in [0.4, 0.5) is 23.7 Å². The minimum Gasteiger partial charge on any atom is -0.445 e. The lowest BCUT2D eigenvalue weighted by molar-refractivity contribution is -0.234. The Morgan fingerprint density at radius 3 is 1.84 bits per heavy atom. The topological polar surface area (TPSA) is 181 Å². The Morgan fingerprint density at radius 1 is 0.843 bits per heavy atom. The van der Waals surface area contributed by atoms with Crippen molar-refractivity contribution >= 4 is 31.3 Å². The van der Waals surface area contributed by atoms with Gasteiger partial charge in [-0.05, 0) is 42.0 Å². The molecule has 0 spiro atoms.